The molecule has 0 aliphatic carbocycles. The third-order valence-corrected chi connectivity index (χ3v) is 5.37. The third kappa shape index (κ3) is 3.21. The van der Waals surface area contributed by atoms with Crippen LogP contribution < -0.4 is 20.7 Å². The summed E-state index contributed by atoms with van der Waals surface area (Å²) >= 11 is 0. The first kappa shape index (κ1) is 17.1. The zero-order valence-electron chi connectivity index (χ0n) is 14.8. The van der Waals surface area contributed by atoms with Crippen molar-refractivity contribution in [1.82, 2.24) is 15.5 Å². The fourth-order valence-electron chi connectivity index (χ4n) is 3.95. The number of aromatic nitrogens is 2. The van der Waals surface area contributed by atoms with Gasteiger partial charge in [-0.15, -0.1) is 5.10 Å². The van der Waals surface area contributed by atoms with Gasteiger partial charge in [-0.2, -0.15) is 0 Å². The van der Waals surface area contributed by atoms with E-state index in [1.165, 1.54) is 6.07 Å². The van der Waals surface area contributed by atoms with Gasteiger partial charge >= 0.3 is 5.76 Å². The van der Waals surface area contributed by atoms with Gasteiger partial charge in [-0.3, -0.25) is 0 Å². The second kappa shape index (κ2) is 7.11. The van der Waals surface area contributed by atoms with Crippen molar-refractivity contribution in [2.24, 2.45) is 5.92 Å². The quantitative estimate of drug-likeness (QED) is 0.871. The lowest BCUT2D eigenvalue weighted by molar-refractivity contribution is 0.303. The minimum atomic E-state index is -0.661. The summed E-state index contributed by atoms with van der Waals surface area (Å²) in [6.07, 6.45) is 3.03. The maximum absolute atomic E-state index is 14.8. The summed E-state index contributed by atoms with van der Waals surface area (Å²) in [6.45, 7) is 5.50. The highest BCUT2D eigenvalue weighted by Crippen LogP contribution is 2.39. The van der Waals surface area contributed by atoms with E-state index >= 15 is 0 Å². The zero-order chi connectivity index (χ0) is 18.1. The van der Waals surface area contributed by atoms with Crippen LogP contribution in [0.3, 0.4) is 0 Å². The average Bonchev–Trinajstić information content (AvgIpc) is 2.97. The molecular formula is C18H23FN4O3. The van der Waals surface area contributed by atoms with Crippen LogP contribution >= 0.6 is 0 Å². The molecule has 0 saturated carbocycles. The first-order chi connectivity index (χ1) is 12.6. The molecule has 2 N–H and O–H groups in total. The number of ether oxygens (including phenoxy) is 1. The van der Waals surface area contributed by atoms with Gasteiger partial charge in [-0.1, -0.05) is 0 Å². The van der Waals surface area contributed by atoms with Gasteiger partial charge < -0.3 is 19.4 Å². The fraction of sp³-hybridized carbons (Fsp3) is 0.556. The number of hydrogen-bond acceptors (Lipinski definition) is 6. The molecule has 0 spiro atoms. The summed E-state index contributed by atoms with van der Waals surface area (Å²) < 4.78 is 25.5. The van der Waals surface area contributed by atoms with Crippen molar-refractivity contribution in [1.29, 1.82) is 0 Å². The molecule has 1 fully saturated rings. The molecule has 3 heterocycles. The van der Waals surface area contributed by atoms with E-state index < -0.39 is 11.6 Å². The van der Waals surface area contributed by atoms with Crippen molar-refractivity contribution in [3.05, 3.63) is 28.5 Å². The molecule has 0 amide bonds. The molecule has 2 aliphatic rings. The Morgan fingerprint density at radius 3 is 2.88 bits per heavy atom. The highest BCUT2D eigenvalue weighted by Gasteiger charge is 2.30. The summed E-state index contributed by atoms with van der Waals surface area (Å²) in [4.78, 5) is 13.5. The lowest BCUT2D eigenvalue weighted by atomic mass is 9.89. The summed E-state index contributed by atoms with van der Waals surface area (Å²) in [7, 11) is 0. The van der Waals surface area contributed by atoms with Crippen LogP contribution in [-0.4, -0.2) is 42.5 Å². The molecule has 2 aliphatic heterocycles. The Kier molecular flexibility index (Phi) is 4.67. The summed E-state index contributed by atoms with van der Waals surface area (Å²) in [5.41, 5.74) is 1.13. The number of H-pyrrole nitrogens is 1. The molecule has 26 heavy (non-hydrogen) atoms. The number of halogens is 1. The van der Waals surface area contributed by atoms with E-state index in [2.05, 4.69) is 27.3 Å². The van der Waals surface area contributed by atoms with Crippen molar-refractivity contribution in [3.8, 4) is 17.2 Å². The molecular weight excluding hydrogens is 339 g/mol. The summed E-state index contributed by atoms with van der Waals surface area (Å²) in [5.74, 6) is -0.239. The van der Waals surface area contributed by atoms with Gasteiger partial charge in [0.25, 0.3) is 0 Å². The van der Waals surface area contributed by atoms with E-state index in [1.54, 1.807) is 6.07 Å². The van der Waals surface area contributed by atoms with E-state index in [9.17, 15) is 9.18 Å². The molecule has 140 valence electrons. The second-order valence-corrected chi connectivity index (χ2v) is 6.95. The smallest absolute Gasteiger partial charge is 0.434 e. The van der Waals surface area contributed by atoms with Crippen molar-refractivity contribution in [2.45, 2.75) is 32.2 Å². The maximum Gasteiger partial charge on any atom is 0.434 e. The van der Waals surface area contributed by atoms with Gasteiger partial charge in [-0.25, -0.2) is 14.3 Å². The molecule has 1 atom stereocenters. The van der Waals surface area contributed by atoms with Crippen molar-refractivity contribution in [3.63, 3.8) is 0 Å². The number of aromatic amines is 1. The number of hydrogen-bond donors (Lipinski definition) is 2. The number of benzene rings is 1. The predicted octanol–water partition coefficient (Wildman–Crippen LogP) is 2.15. The van der Waals surface area contributed by atoms with Gasteiger partial charge in [0.2, 0.25) is 5.89 Å². The molecule has 2 aromatic rings. The van der Waals surface area contributed by atoms with E-state index in [4.69, 9.17) is 9.15 Å². The standard InChI is InChI=1S/C18H23FN4O3/c1-11(12-3-5-20-6-4-12)23-7-2-8-25-16-14(19)9-13(10-15(16)23)17-21-22-18(24)26-17/h9-12,20H,2-8H2,1H3,(H,22,24)/t11-/m0/s1. The van der Waals surface area contributed by atoms with Crippen LogP contribution in [-0.2, 0) is 0 Å². The number of nitrogens with zero attached hydrogens (tertiary/aromatic N) is 2. The maximum atomic E-state index is 14.8. The van der Waals surface area contributed by atoms with Crippen molar-refractivity contribution < 1.29 is 13.5 Å². The Hall–Kier alpha value is -2.35. The van der Waals surface area contributed by atoms with Gasteiger partial charge in [-0.05, 0) is 57.3 Å². The molecule has 1 aromatic heterocycles. The molecule has 4 rings (SSSR count). The Balaban J connectivity index is 1.74. The van der Waals surface area contributed by atoms with E-state index in [0.717, 1.165) is 38.9 Å². The Bertz CT molecular complexity index is 828. The minimum absolute atomic E-state index is 0.0791. The zero-order valence-corrected chi connectivity index (χ0v) is 14.8. The lowest BCUT2D eigenvalue weighted by Crippen LogP contribution is -2.43. The molecule has 0 bridgehead atoms. The third-order valence-electron chi connectivity index (χ3n) is 5.37. The highest BCUT2D eigenvalue weighted by molar-refractivity contribution is 5.69. The number of rotatable bonds is 3. The minimum Gasteiger partial charge on any atom is -0.488 e. The van der Waals surface area contributed by atoms with Gasteiger partial charge in [0.1, 0.15) is 0 Å². The van der Waals surface area contributed by atoms with E-state index in [1.807, 2.05) is 0 Å². The molecule has 0 unspecified atom stereocenters. The number of anilines is 1. The van der Waals surface area contributed by atoms with Gasteiger partial charge in [0.15, 0.2) is 11.6 Å². The van der Waals surface area contributed by atoms with Gasteiger partial charge in [0, 0.05) is 18.2 Å². The van der Waals surface area contributed by atoms with Crippen LogP contribution in [0.2, 0.25) is 0 Å². The van der Waals surface area contributed by atoms with E-state index in [0.29, 0.717) is 23.8 Å². The topological polar surface area (TPSA) is 83.4 Å². The van der Waals surface area contributed by atoms with Crippen LogP contribution in [0.25, 0.3) is 11.5 Å². The SMILES string of the molecule is C[C@@H](C1CCNCC1)N1CCCOc2c(F)cc(-c3n[nH]c(=O)o3)cc21. The molecule has 7 nitrogen and oxygen atoms in total. The van der Waals surface area contributed by atoms with Crippen LogP contribution in [0.1, 0.15) is 26.2 Å². The number of nitrogens with one attached hydrogen (secondary N) is 2. The second-order valence-electron chi connectivity index (χ2n) is 6.95. The van der Waals surface area contributed by atoms with Crippen LogP contribution in [0.4, 0.5) is 10.1 Å². The molecule has 1 aromatic carbocycles. The number of piperidine rings is 1. The Morgan fingerprint density at radius 1 is 1.35 bits per heavy atom. The van der Waals surface area contributed by atoms with Gasteiger partial charge in [0.05, 0.1) is 12.3 Å². The van der Waals surface area contributed by atoms with Crippen LogP contribution in [0.5, 0.6) is 5.75 Å². The normalized spacial score (nSPS) is 19.5. The lowest BCUT2D eigenvalue weighted by Gasteiger charge is -2.38. The van der Waals surface area contributed by atoms with Crippen molar-refractivity contribution in [2.75, 3.05) is 31.1 Å². The van der Waals surface area contributed by atoms with Crippen LogP contribution in [0.15, 0.2) is 21.3 Å². The average molecular weight is 362 g/mol. The first-order valence-electron chi connectivity index (χ1n) is 9.13. The largest absolute Gasteiger partial charge is 0.488 e. The highest BCUT2D eigenvalue weighted by atomic mass is 19.1. The molecule has 1 saturated heterocycles. The molecule has 0 radical (unpaired) electrons. The summed E-state index contributed by atoms with van der Waals surface area (Å²) in [5, 5.41) is 9.43. The van der Waals surface area contributed by atoms with E-state index in [-0.39, 0.29) is 17.7 Å². The summed E-state index contributed by atoms with van der Waals surface area (Å²) in [6, 6.07) is 3.37. The Morgan fingerprint density at radius 2 is 2.15 bits per heavy atom. The fourth-order valence-corrected chi connectivity index (χ4v) is 3.95. The predicted molar refractivity (Wildman–Crippen MR) is 95.0 cm³/mol. The van der Waals surface area contributed by atoms with Crippen LogP contribution in [0, 0.1) is 11.7 Å². The van der Waals surface area contributed by atoms with Crippen molar-refractivity contribution >= 4 is 5.69 Å². The molecule has 8 heteroatoms. The monoisotopic (exact) mass is 362 g/mol. The Labute approximate surface area is 150 Å². The first-order valence-corrected chi connectivity index (χ1v) is 9.13. The number of fused-ring (bicyclic) bond motifs is 1.